The molecule has 1 aromatic heterocycles. The van der Waals surface area contributed by atoms with E-state index in [4.69, 9.17) is 0 Å². The Morgan fingerprint density at radius 2 is 2.23 bits per heavy atom. The van der Waals surface area contributed by atoms with Crippen LogP contribution in [0.3, 0.4) is 0 Å². The van der Waals surface area contributed by atoms with E-state index in [1.165, 1.54) is 17.3 Å². The van der Waals surface area contributed by atoms with Crippen LogP contribution in [0.4, 0.5) is 0 Å². The molecule has 4 nitrogen and oxygen atoms in total. The quantitative estimate of drug-likeness (QED) is 0.796. The lowest BCUT2D eigenvalue weighted by molar-refractivity contribution is -0.118. The summed E-state index contributed by atoms with van der Waals surface area (Å²) in [7, 11) is 0. The molecule has 2 aromatic rings. The molecule has 0 spiro atoms. The van der Waals surface area contributed by atoms with Gasteiger partial charge >= 0.3 is 0 Å². The summed E-state index contributed by atoms with van der Waals surface area (Å²) in [6, 6.07) is 8.24. The molecule has 0 aliphatic carbocycles. The zero-order valence-electron chi connectivity index (χ0n) is 13.4. The summed E-state index contributed by atoms with van der Waals surface area (Å²) in [6.45, 7) is 7.11. The van der Waals surface area contributed by atoms with Crippen molar-refractivity contribution in [3.05, 3.63) is 42.2 Å². The summed E-state index contributed by atoms with van der Waals surface area (Å²) in [5, 5.41) is 3.79. The van der Waals surface area contributed by atoms with Crippen LogP contribution in [-0.2, 0) is 4.79 Å². The fraction of sp³-hybridized carbons (Fsp3) is 0.412. The second kappa shape index (κ2) is 8.03. The van der Waals surface area contributed by atoms with Gasteiger partial charge in [-0.1, -0.05) is 37.7 Å². The minimum Gasteiger partial charge on any atom is -0.355 e. The summed E-state index contributed by atoms with van der Waals surface area (Å²) < 4.78 is 2.01. The predicted molar refractivity (Wildman–Crippen MR) is 91.5 cm³/mol. The smallest absolute Gasteiger partial charge is 0.230 e. The van der Waals surface area contributed by atoms with E-state index in [0.29, 0.717) is 11.7 Å². The number of hydrogen-bond donors (Lipinski definition) is 1. The molecule has 1 N–H and O–H groups in total. The molecule has 1 aromatic carbocycles. The minimum atomic E-state index is 0.0597. The Morgan fingerprint density at radius 3 is 2.95 bits per heavy atom. The van der Waals surface area contributed by atoms with Crippen LogP contribution in [0.1, 0.15) is 25.8 Å². The van der Waals surface area contributed by atoms with Crippen LogP contribution in [0.5, 0.6) is 0 Å². The Hall–Kier alpha value is -1.75. The van der Waals surface area contributed by atoms with Crippen LogP contribution < -0.4 is 5.32 Å². The van der Waals surface area contributed by atoms with E-state index in [-0.39, 0.29) is 5.91 Å². The van der Waals surface area contributed by atoms with Crippen LogP contribution in [0.2, 0.25) is 0 Å². The Bertz CT molecular complexity index is 622. The lowest BCUT2D eigenvalue weighted by Crippen LogP contribution is -2.27. The van der Waals surface area contributed by atoms with E-state index >= 15 is 0 Å². The SMILES string of the molecule is Cc1cccc(-n2ccnc2SCC(=O)NCCC(C)C)c1. The molecular weight excluding hydrogens is 294 g/mol. The van der Waals surface area contributed by atoms with Crippen molar-refractivity contribution >= 4 is 17.7 Å². The van der Waals surface area contributed by atoms with Crippen LogP contribution in [0.25, 0.3) is 5.69 Å². The second-order valence-electron chi connectivity index (χ2n) is 5.74. The van der Waals surface area contributed by atoms with E-state index in [9.17, 15) is 4.79 Å². The molecule has 0 saturated carbocycles. The van der Waals surface area contributed by atoms with Crippen molar-refractivity contribution in [1.82, 2.24) is 14.9 Å². The fourth-order valence-electron chi connectivity index (χ4n) is 2.05. The molecule has 0 aliphatic rings. The van der Waals surface area contributed by atoms with Crippen LogP contribution in [-0.4, -0.2) is 27.8 Å². The molecule has 0 bridgehead atoms. The number of aryl methyl sites for hydroxylation is 1. The Kier molecular flexibility index (Phi) is 6.07. The van der Waals surface area contributed by atoms with Gasteiger partial charge in [0.05, 0.1) is 5.75 Å². The number of rotatable bonds is 7. The maximum atomic E-state index is 11.9. The largest absolute Gasteiger partial charge is 0.355 e. The lowest BCUT2D eigenvalue weighted by Gasteiger charge is -2.09. The number of aromatic nitrogens is 2. The lowest BCUT2D eigenvalue weighted by atomic mass is 10.1. The first-order chi connectivity index (χ1) is 10.6. The molecule has 0 radical (unpaired) electrons. The predicted octanol–water partition coefficient (Wildman–Crippen LogP) is 3.44. The molecule has 1 heterocycles. The molecule has 2 rings (SSSR count). The number of carbonyl (C=O) groups excluding carboxylic acids is 1. The summed E-state index contributed by atoms with van der Waals surface area (Å²) in [4.78, 5) is 16.2. The first kappa shape index (κ1) is 16.6. The van der Waals surface area contributed by atoms with Gasteiger partial charge in [0.2, 0.25) is 5.91 Å². The Labute approximate surface area is 136 Å². The first-order valence-electron chi connectivity index (χ1n) is 7.56. The highest BCUT2D eigenvalue weighted by Gasteiger charge is 2.09. The number of thioether (sulfide) groups is 1. The minimum absolute atomic E-state index is 0.0597. The molecule has 0 aliphatic heterocycles. The van der Waals surface area contributed by atoms with Gasteiger partial charge in [-0.3, -0.25) is 9.36 Å². The van der Waals surface area contributed by atoms with Gasteiger partial charge in [0.25, 0.3) is 0 Å². The number of nitrogens with zero attached hydrogens (tertiary/aromatic N) is 2. The van der Waals surface area contributed by atoms with Gasteiger partial charge in [-0.15, -0.1) is 0 Å². The third kappa shape index (κ3) is 4.91. The maximum Gasteiger partial charge on any atom is 0.230 e. The van der Waals surface area contributed by atoms with Crippen molar-refractivity contribution < 1.29 is 4.79 Å². The average Bonchev–Trinajstić information content (AvgIpc) is 2.93. The zero-order valence-corrected chi connectivity index (χ0v) is 14.2. The van der Waals surface area contributed by atoms with Gasteiger partial charge in [-0.2, -0.15) is 0 Å². The molecule has 1 amide bonds. The zero-order chi connectivity index (χ0) is 15.9. The number of nitrogens with one attached hydrogen (secondary N) is 1. The van der Waals surface area contributed by atoms with Gasteiger partial charge in [0.1, 0.15) is 0 Å². The molecule has 0 fully saturated rings. The van der Waals surface area contributed by atoms with E-state index in [0.717, 1.165) is 23.8 Å². The highest BCUT2D eigenvalue weighted by molar-refractivity contribution is 7.99. The number of benzene rings is 1. The van der Waals surface area contributed by atoms with Gasteiger partial charge in [0.15, 0.2) is 5.16 Å². The van der Waals surface area contributed by atoms with Crippen molar-refractivity contribution in [3.63, 3.8) is 0 Å². The summed E-state index contributed by atoms with van der Waals surface area (Å²) in [6.07, 6.45) is 4.70. The Balaban J connectivity index is 1.92. The molecule has 5 heteroatoms. The molecule has 118 valence electrons. The van der Waals surface area contributed by atoms with Gasteiger partial charge in [0, 0.05) is 24.6 Å². The van der Waals surface area contributed by atoms with Crippen LogP contribution >= 0.6 is 11.8 Å². The van der Waals surface area contributed by atoms with Gasteiger partial charge in [-0.25, -0.2) is 4.98 Å². The van der Waals surface area contributed by atoms with Gasteiger partial charge in [-0.05, 0) is 37.0 Å². The topological polar surface area (TPSA) is 46.9 Å². The summed E-state index contributed by atoms with van der Waals surface area (Å²) in [5.41, 5.74) is 2.27. The monoisotopic (exact) mass is 317 g/mol. The fourth-order valence-corrected chi connectivity index (χ4v) is 2.86. The third-order valence-corrected chi connectivity index (χ3v) is 4.23. The number of carbonyl (C=O) groups is 1. The van der Waals surface area contributed by atoms with Crippen LogP contribution in [0, 0.1) is 12.8 Å². The van der Waals surface area contributed by atoms with Gasteiger partial charge < -0.3 is 5.32 Å². The molecule has 0 unspecified atom stereocenters. The second-order valence-corrected chi connectivity index (χ2v) is 6.68. The number of amides is 1. The number of imidazole rings is 1. The molecule has 22 heavy (non-hydrogen) atoms. The van der Waals surface area contributed by atoms with Crippen molar-refractivity contribution in [1.29, 1.82) is 0 Å². The summed E-state index contributed by atoms with van der Waals surface area (Å²) >= 11 is 1.46. The summed E-state index contributed by atoms with van der Waals surface area (Å²) in [5.74, 6) is 1.05. The molecular formula is C17H23N3OS. The molecule has 0 saturated heterocycles. The standard InChI is InChI=1S/C17H23N3OS/c1-13(2)7-8-18-16(21)12-22-17-19-9-10-20(17)15-6-4-5-14(3)11-15/h4-6,9-11,13H,7-8,12H2,1-3H3,(H,18,21). The highest BCUT2D eigenvalue weighted by atomic mass is 32.2. The Morgan fingerprint density at radius 1 is 1.41 bits per heavy atom. The first-order valence-corrected chi connectivity index (χ1v) is 8.54. The number of hydrogen-bond acceptors (Lipinski definition) is 3. The van der Waals surface area contributed by atoms with Crippen molar-refractivity contribution in [2.75, 3.05) is 12.3 Å². The van der Waals surface area contributed by atoms with Crippen LogP contribution in [0.15, 0.2) is 41.8 Å². The molecule has 0 atom stereocenters. The average molecular weight is 317 g/mol. The van der Waals surface area contributed by atoms with E-state index in [2.05, 4.69) is 43.2 Å². The van der Waals surface area contributed by atoms with Crippen molar-refractivity contribution in [2.24, 2.45) is 5.92 Å². The van der Waals surface area contributed by atoms with E-state index < -0.39 is 0 Å². The van der Waals surface area contributed by atoms with E-state index in [1.807, 2.05) is 22.9 Å². The highest BCUT2D eigenvalue weighted by Crippen LogP contribution is 2.20. The maximum absolute atomic E-state index is 11.9. The van der Waals surface area contributed by atoms with Crippen molar-refractivity contribution in [3.8, 4) is 5.69 Å². The van der Waals surface area contributed by atoms with E-state index in [1.54, 1.807) is 6.20 Å². The third-order valence-electron chi connectivity index (χ3n) is 3.26. The normalized spacial score (nSPS) is 10.9. The van der Waals surface area contributed by atoms with Crippen molar-refractivity contribution in [2.45, 2.75) is 32.3 Å².